The molecule has 0 unspecified atom stereocenters. The van der Waals surface area contributed by atoms with Gasteiger partial charge in [-0.2, -0.15) is 4.39 Å². The molecule has 0 bridgehead atoms. The minimum absolute atomic E-state index is 0.350. The summed E-state index contributed by atoms with van der Waals surface area (Å²) in [4.78, 5) is 3.00. The molecular formula is C7H5F4N. The summed E-state index contributed by atoms with van der Waals surface area (Å²) in [5.74, 6) is -0.952. The number of hydrogen-bond acceptors (Lipinski definition) is 1. The lowest BCUT2D eigenvalue weighted by molar-refractivity contribution is 0.148. The van der Waals surface area contributed by atoms with Crippen molar-refractivity contribution in [2.45, 2.75) is 13.1 Å². The topological polar surface area (TPSA) is 12.9 Å². The van der Waals surface area contributed by atoms with E-state index in [-0.39, 0.29) is 5.56 Å². The molecule has 12 heavy (non-hydrogen) atoms. The number of aromatic nitrogens is 1. The summed E-state index contributed by atoms with van der Waals surface area (Å²) in [6, 6.07) is 0.668. The Morgan fingerprint density at radius 1 is 1.42 bits per heavy atom. The molecule has 5 heteroatoms. The van der Waals surface area contributed by atoms with Gasteiger partial charge in [0.15, 0.2) is 0 Å². The number of hydrogen-bond donors (Lipinski definition) is 0. The van der Waals surface area contributed by atoms with Crippen molar-refractivity contribution in [1.29, 1.82) is 0 Å². The van der Waals surface area contributed by atoms with Gasteiger partial charge in [-0.1, -0.05) is 0 Å². The Balaban J connectivity index is 3.11. The Bertz CT molecular complexity index is 274. The second-order valence-corrected chi connectivity index (χ2v) is 2.14. The quantitative estimate of drug-likeness (QED) is 0.502. The van der Waals surface area contributed by atoms with E-state index in [2.05, 4.69) is 4.98 Å². The Hall–Kier alpha value is -1.13. The third-order valence-corrected chi connectivity index (χ3v) is 1.37. The predicted octanol–water partition coefficient (Wildman–Crippen LogP) is 2.63. The molecule has 1 rings (SSSR count). The van der Waals surface area contributed by atoms with E-state index < -0.39 is 24.6 Å². The largest absolute Gasteiger partial charge is 0.265 e. The van der Waals surface area contributed by atoms with Crippen molar-refractivity contribution in [2.24, 2.45) is 0 Å². The first-order chi connectivity index (χ1) is 5.65. The fourth-order valence-electron chi connectivity index (χ4n) is 0.791. The van der Waals surface area contributed by atoms with E-state index >= 15 is 0 Å². The van der Waals surface area contributed by atoms with Gasteiger partial charge < -0.3 is 0 Å². The first-order valence-electron chi connectivity index (χ1n) is 3.13. The second kappa shape index (κ2) is 3.51. The molecule has 1 aromatic rings. The molecule has 1 heterocycles. The number of pyridine rings is 1. The van der Waals surface area contributed by atoms with E-state index in [1.54, 1.807) is 0 Å². The van der Waals surface area contributed by atoms with Crippen LogP contribution in [0.3, 0.4) is 0 Å². The van der Waals surface area contributed by atoms with Crippen molar-refractivity contribution in [2.75, 3.05) is 0 Å². The maximum atomic E-state index is 12.3. The molecule has 0 saturated heterocycles. The van der Waals surface area contributed by atoms with Gasteiger partial charge in [0, 0.05) is 11.8 Å². The van der Waals surface area contributed by atoms with E-state index in [9.17, 15) is 17.6 Å². The average molecular weight is 179 g/mol. The molecule has 1 aromatic heterocycles. The zero-order valence-electron chi connectivity index (χ0n) is 5.90. The number of nitrogens with zero attached hydrogens (tertiary/aromatic N) is 1. The van der Waals surface area contributed by atoms with Crippen LogP contribution < -0.4 is 0 Å². The lowest BCUT2D eigenvalue weighted by atomic mass is 10.1. The molecule has 0 amide bonds. The maximum absolute atomic E-state index is 12.3. The van der Waals surface area contributed by atoms with Crippen molar-refractivity contribution in [3.8, 4) is 0 Å². The predicted molar refractivity (Wildman–Crippen MR) is 34.0 cm³/mol. The SMILES string of the molecule is FCc1cc(F)ncc1C(F)F. The van der Waals surface area contributed by atoms with Gasteiger partial charge in [0.2, 0.25) is 5.95 Å². The van der Waals surface area contributed by atoms with E-state index in [1.165, 1.54) is 0 Å². The first kappa shape index (κ1) is 8.96. The molecule has 0 spiro atoms. The Kier molecular flexibility index (Phi) is 2.62. The zero-order valence-corrected chi connectivity index (χ0v) is 5.90. The Labute approximate surface area is 66.0 Å². The van der Waals surface area contributed by atoms with E-state index in [0.717, 1.165) is 0 Å². The molecule has 0 aliphatic rings. The van der Waals surface area contributed by atoms with Crippen LogP contribution in [0.2, 0.25) is 0 Å². The summed E-state index contributed by atoms with van der Waals surface area (Å²) in [7, 11) is 0. The number of rotatable bonds is 2. The molecule has 0 fully saturated rings. The molecule has 0 radical (unpaired) electrons. The van der Waals surface area contributed by atoms with Crippen LogP contribution >= 0.6 is 0 Å². The highest BCUT2D eigenvalue weighted by atomic mass is 19.3. The standard InChI is InChI=1S/C7H5F4N/c8-2-4-1-6(9)12-3-5(4)7(10)11/h1,3,7H,2H2. The minimum atomic E-state index is -2.82. The van der Waals surface area contributed by atoms with Crippen LogP contribution in [0.1, 0.15) is 17.6 Å². The summed E-state index contributed by atoms with van der Waals surface area (Å²) in [6.07, 6.45) is -2.17. The normalized spacial score (nSPS) is 10.8. The summed E-state index contributed by atoms with van der Waals surface area (Å²) in [5.41, 5.74) is -0.906. The lowest BCUT2D eigenvalue weighted by Crippen LogP contribution is -1.96. The van der Waals surface area contributed by atoms with Gasteiger partial charge in [-0.15, -0.1) is 0 Å². The second-order valence-electron chi connectivity index (χ2n) is 2.14. The van der Waals surface area contributed by atoms with Crippen molar-refractivity contribution in [3.05, 3.63) is 29.3 Å². The van der Waals surface area contributed by atoms with Gasteiger partial charge in [-0.25, -0.2) is 18.2 Å². The molecule has 66 valence electrons. The molecule has 0 atom stereocenters. The summed E-state index contributed by atoms with van der Waals surface area (Å²) < 4.78 is 48.3. The highest BCUT2D eigenvalue weighted by Crippen LogP contribution is 2.22. The van der Waals surface area contributed by atoms with E-state index in [0.29, 0.717) is 12.3 Å². The summed E-state index contributed by atoms with van der Waals surface area (Å²) >= 11 is 0. The van der Waals surface area contributed by atoms with Crippen LogP contribution in [0.15, 0.2) is 12.3 Å². The van der Waals surface area contributed by atoms with Crippen molar-refractivity contribution in [1.82, 2.24) is 4.98 Å². The van der Waals surface area contributed by atoms with Crippen LogP contribution in [0.5, 0.6) is 0 Å². The maximum Gasteiger partial charge on any atom is 0.265 e. The molecule has 0 aliphatic heterocycles. The Morgan fingerprint density at radius 2 is 2.08 bits per heavy atom. The number of alkyl halides is 3. The van der Waals surface area contributed by atoms with Gasteiger partial charge >= 0.3 is 0 Å². The molecule has 0 aliphatic carbocycles. The van der Waals surface area contributed by atoms with Gasteiger partial charge in [0.25, 0.3) is 6.43 Å². The highest BCUT2D eigenvalue weighted by Gasteiger charge is 2.13. The van der Waals surface area contributed by atoms with Crippen LogP contribution in [-0.4, -0.2) is 4.98 Å². The minimum Gasteiger partial charge on any atom is -0.246 e. The summed E-state index contributed by atoms with van der Waals surface area (Å²) in [6.45, 7) is -1.11. The third kappa shape index (κ3) is 1.72. The number of halogens is 4. The average Bonchev–Trinajstić information content (AvgIpc) is 2.03. The summed E-state index contributed by atoms with van der Waals surface area (Å²) in [5, 5.41) is 0. The monoisotopic (exact) mass is 179 g/mol. The van der Waals surface area contributed by atoms with Gasteiger partial charge in [0.05, 0.1) is 0 Å². The van der Waals surface area contributed by atoms with Crippen molar-refractivity contribution in [3.63, 3.8) is 0 Å². The van der Waals surface area contributed by atoms with Crippen LogP contribution in [-0.2, 0) is 6.67 Å². The highest BCUT2D eigenvalue weighted by molar-refractivity contribution is 5.23. The Morgan fingerprint density at radius 3 is 2.58 bits per heavy atom. The van der Waals surface area contributed by atoms with E-state index in [4.69, 9.17) is 0 Å². The third-order valence-electron chi connectivity index (χ3n) is 1.37. The molecule has 0 N–H and O–H groups in total. The lowest BCUT2D eigenvalue weighted by Gasteiger charge is -2.03. The van der Waals surface area contributed by atoms with Crippen LogP contribution in [0.25, 0.3) is 0 Å². The van der Waals surface area contributed by atoms with Crippen molar-refractivity contribution < 1.29 is 17.6 Å². The van der Waals surface area contributed by atoms with Gasteiger partial charge in [-0.3, -0.25) is 0 Å². The fraction of sp³-hybridized carbons (Fsp3) is 0.286. The molecule has 0 aromatic carbocycles. The molecular weight excluding hydrogens is 174 g/mol. The van der Waals surface area contributed by atoms with E-state index in [1.807, 2.05) is 0 Å². The molecule has 0 saturated carbocycles. The smallest absolute Gasteiger partial charge is 0.246 e. The zero-order chi connectivity index (χ0) is 9.14. The van der Waals surface area contributed by atoms with Crippen molar-refractivity contribution >= 4 is 0 Å². The van der Waals surface area contributed by atoms with Gasteiger partial charge in [0.1, 0.15) is 6.67 Å². The fourth-order valence-corrected chi connectivity index (χ4v) is 0.791. The molecule has 1 nitrogen and oxygen atoms in total. The first-order valence-corrected chi connectivity index (χ1v) is 3.13. The van der Waals surface area contributed by atoms with Crippen LogP contribution in [0.4, 0.5) is 17.6 Å². The van der Waals surface area contributed by atoms with Gasteiger partial charge in [-0.05, 0) is 11.6 Å². The van der Waals surface area contributed by atoms with Crippen LogP contribution in [0, 0.1) is 5.95 Å².